The van der Waals surface area contributed by atoms with Gasteiger partial charge in [0, 0.05) is 18.5 Å². The van der Waals surface area contributed by atoms with Gasteiger partial charge in [0.25, 0.3) is 0 Å². The van der Waals surface area contributed by atoms with Crippen LogP contribution in [0.1, 0.15) is 12.2 Å². The minimum Gasteiger partial charge on any atom is -0.342 e. The number of imidazole rings is 1. The summed E-state index contributed by atoms with van der Waals surface area (Å²) in [6.45, 7) is 0. The Labute approximate surface area is 151 Å². The van der Waals surface area contributed by atoms with Gasteiger partial charge in [0.15, 0.2) is 0 Å². The molecule has 1 aromatic heterocycles. The van der Waals surface area contributed by atoms with Crippen LogP contribution in [0.15, 0.2) is 78.9 Å². The molecule has 0 radical (unpaired) electrons. The largest absolute Gasteiger partial charge is 0.342 e. The van der Waals surface area contributed by atoms with Gasteiger partial charge in [0.1, 0.15) is 5.82 Å². The lowest BCUT2D eigenvalue weighted by molar-refractivity contribution is -0.116. The number of carbonyl (C=O) groups excluding carboxylic acids is 1. The molecule has 0 atom stereocenters. The first-order chi connectivity index (χ1) is 12.8. The van der Waals surface area contributed by atoms with Crippen LogP contribution in [0, 0.1) is 0 Å². The third-order valence-electron chi connectivity index (χ3n) is 4.30. The van der Waals surface area contributed by atoms with Crippen molar-refractivity contribution < 1.29 is 4.79 Å². The van der Waals surface area contributed by atoms with Crippen LogP contribution in [0.5, 0.6) is 0 Å². The van der Waals surface area contributed by atoms with Crippen molar-refractivity contribution in [2.75, 3.05) is 5.32 Å². The van der Waals surface area contributed by atoms with Crippen LogP contribution in [0.2, 0.25) is 0 Å². The molecule has 4 heteroatoms. The average Bonchev–Trinajstić information content (AvgIpc) is 3.11. The number of rotatable bonds is 5. The normalized spacial score (nSPS) is 10.8. The molecule has 4 nitrogen and oxygen atoms in total. The van der Waals surface area contributed by atoms with Crippen LogP contribution in [0.25, 0.3) is 22.2 Å². The van der Waals surface area contributed by atoms with Gasteiger partial charge in [0.05, 0.1) is 11.0 Å². The van der Waals surface area contributed by atoms with Gasteiger partial charge in [-0.2, -0.15) is 0 Å². The van der Waals surface area contributed by atoms with E-state index in [-0.39, 0.29) is 5.91 Å². The fraction of sp³-hybridized carbons (Fsp3) is 0.0909. The number of hydrogen-bond acceptors (Lipinski definition) is 2. The van der Waals surface area contributed by atoms with Gasteiger partial charge >= 0.3 is 0 Å². The third kappa shape index (κ3) is 3.64. The minimum absolute atomic E-state index is 0.0158. The maximum atomic E-state index is 12.2. The first kappa shape index (κ1) is 16.1. The molecule has 1 amide bonds. The average molecular weight is 341 g/mol. The minimum atomic E-state index is -0.0158. The molecule has 0 aliphatic carbocycles. The summed E-state index contributed by atoms with van der Waals surface area (Å²) in [6, 6.07) is 25.9. The molecule has 0 bridgehead atoms. The van der Waals surface area contributed by atoms with E-state index in [1.54, 1.807) is 0 Å². The predicted molar refractivity (Wildman–Crippen MR) is 105 cm³/mol. The smallest absolute Gasteiger partial charge is 0.224 e. The van der Waals surface area contributed by atoms with Crippen LogP contribution in [0.4, 0.5) is 5.69 Å². The molecule has 128 valence electrons. The van der Waals surface area contributed by atoms with Crippen molar-refractivity contribution in [2.45, 2.75) is 12.8 Å². The lowest BCUT2D eigenvalue weighted by atomic mass is 10.1. The zero-order valence-electron chi connectivity index (χ0n) is 14.3. The number of benzene rings is 3. The number of nitrogens with one attached hydrogen (secondary N) is 2. The molecule has 26 heavy (non-hydrogen) atoms. The highest BCUT2D eigenvalue weighted by molar-refractivity contribution is 5.91. The summed E-state index contributed by atoms with van der Waals surface area (Å²) in [7, 11) is 0. The second-order valence-electron chi connectivity index (χ2n) is 6.19. The molecule has 0 spiro atoms. The summed E-state index contributed by atoms with van der Waals surface area (Å²) < 4.78 is 0. The number of carbonyl (C=O) groups is 1. The van der Waals surface area contributed by atoms with E-state index < -0.39 is 0 Å². The van der Waals surface area contributed by atoms with E-state index in [0.717, 1.165) is 33.7 Å². The Morgan fingerprint density at radius 1 is 0.846 bits per heavy atom. The van der Waals surface area contributed by atoms with Gasteiger partial charge in [-0.25, -0.2) is 4.98 Å². The zero-order chi connectivity index (χ0) is 17.8. The van der Waals surface area contributed by atoms with Crippen molar-refractivity contribution in [3.05, 3.63) is 84.7 Å². The molecule has 0 aliphatic heterocycles. The highest BCUT2D eigenvalue weighted by Gasteiger charge is 2.07. The number of aromatic amines is 1. The number of amides is 1. The molecule has 2 N–H and O–H groups in total. The summed E-state index contributed by atoms with van der Waals surface area (Å²) >= 11 is 0. The summed E-state index contributed by atoms with van der Waals surface area (Å²) in [5.41, 5.74) is 5.03. The molecule has 0 aliphatic rings. The molecule has 0 saturated heterocycles. The van der Waals surface area contributed by atoms with Crippen molar-refractivity contribution in [3.8, 4) is 11.1 Å². The topological polar surface area (TPSA) is 57.8 Å². The number of aromatic nitrogens is 2. The number of nitrogens with zero attached hydrogens (tertiary/aromatic N) is 1. The Morgan fingerprint density at radius 2 is 1.54 bits per heavy atom. The van der Waals surface area contributed by atoms with Crippen molar-refractivity contribution in [3.63, 3.8) is 0 Å². The Balaban J connectivity index is 1.35. The van der Waals surface area contributed by atoms with Crippen LogP contribution < -0.4 is 5.32 Å². The first-order valence-electron chi connectivity index (χ1n) is 8.67. The lowest BCUT2D eigenvalue weighted by Gasteiger charge is -2.06. The van der Waals surface area contributed by atoms with Gasteiger partial charge in [-0.3, -0.25) is 4.79 Å². The van der Waals surface area contributed by atoms with E-state index in [1.807, 2.05) is 66.7 Å². The number of aryl methyl sites for hydroxylation is 1. The first-order valence-corrected chi connectivity index (χ1v) is 8.67. The maximum Gasteiger partial charge on any atom is 0.224 e. The highest BCUT2D eigenvalue weighted by atomic mass is 16.1. The van der Waals surface area contributed by atoms with Crippen LogP contribution >= 0.6 is 0 Å². The predicted octanol–water partition coefficient (Wildman–Crippen LogP) is 4.80. The number of para-hydroxylation sites is 2. The number of anilines is 1. The summed E-state index contributed by atoms with van der Waals surface area (Å²) in [5.74, 6) is 0.818. The Hall–Kier alpha value is -3.40. The Kier molecular flexibility index (Phi) is 4.48. The van der Waals surface area contributed by atoms with E-state index in [2.05, 4.69) is 27.4 Å². The molecular weight excluding hydrogens is 322 g/mol. The molecule has 0 fully saturated rings. The van der Waals surface area contributed by atoms with Crippen molar-refractivity contribution >= 4 is 22.6 Å². The van der Waals surface area contributed by atoms with Gasteiger partial charge in [0.2, 0.25) is 5.91 Å². The summed E-state index contributed by atoms with van der Waals surface area (Å²) in [6.07, 6.45) is 0.975. The van der Waals surface area contributed by atoms with Gasteiger partial charge in [-0.15, -0.1) is 0 Å². The van der Waals surface area contributed by atoms with E-state index in [9.17, 15) is 4.79 Å². The Morgan fingerprint density at radius 3 is 2.31 bits per heavy atom. The summed E-state index contributed by atoms with van der Waals surface area (Å²) in [5, 5.41) is 2.94. The summed E-state index contributed by atoms with van der Waals surface area (Å²) in [4.78, 5) is 20.0. The number of hydrogen-bond donors (Lipinski definition) is 2. The molecule has 0 saturated carbocycles. The van der Waals surface area contributed by atoms with Gasteiger partial charge in [-0.1, -0.05) is 54.6 Å². The van der Waals surface area contributed by atoms with Crippen molar-refractivity contribution in [1.82, 2.24) is 9.97 Å². The van der Waals surface area contributed by atoms with E-state index in [4.69, 9.17) is 0 Å². The van der Waals surface area contributed by atoms with Crippen molar-refractivity contribution in [1.29, 1.82) is 0 Å². The van der Waals surface area contributed by atoms with E-state index >= 15 is 0 Å². The molecule has 4 rings (SSSR count). The van der Waals surface area contributed by atoms with Gasteiger partial charge < -0.3 is 10.3 Å². The van der Waals surface area contributed by atoms with E-state index in [0.29, 0.717) is 12.8 Å². The van der Waals surface area contributed by atoms with Crippen LogP contribution in [-0.4, -0.2) is 15.9 Å². The lowest BCUT2D eigenvalue weighted by Crippen LogP contribution is -2.12. The standard InChI is InChI=1S/C22H19N3O/c26-22(15-14-21-24-19-8-4-5-9-20(19)25-21)23-18-12-10-17(11-13-18)16-6-2-1-3-7-16/h1-13H,14-15H2,(H,23,26)(H,24,25). The maximum absolute atomic E-state index is 12.2. The molecular formula is C22H19N3O. The Bertz CT molecular complexity index is 987. The fourth-order valence-electron chi connectivity index (χ4n) is 2.96. The van der Waals surface area contributed by atoms with Crippen LogP contribution in [-0.2, 0) is 11.2 Å². The monoisotopic (exact) mass is 341 g/mol. The quantitative estimate of drug-likeness (QED) is 0.548. The molecule has 0 unspecified atom stereocenters. The molecule has 1 heterocycles. The fourth-order valence-corrected chi connectivity index (χ4v) is 2.96. The highest BCUT2D eigenvalue weighted by Crippen LogP contribution is 2.21. The second kappa shape index (κ2) is 7.23. The second-order valence-corrected chi connectivity index (χ2v) is 6.19. The van der Waals surface area contributed by atoms with Crippen molar-refractivity contribution in [2.24, 2.45) is 0 Å². The molecule has 3 aromatic carbocycles. The van der Waals surface area contributed by atoms with Crippen LogP contribution in [0.3, 0.4) is 0 Å². The number of H-pyrrole nitrogens is 1. The zero-order valence-corrected chi connectivity index (χ0v) is 14.3. The number of fused-ring (bicyclic) bond motifs is 1. The third-order valence-corrected chi connectivity index (χ3v) is 4.30. The molecule has 4 aromatic rings. The van der Waals surface area contributed by atoms with Gasteiger partial charge in [-0.05, 0) is 35.4 Å². The van der Waals surface area contributed by atoms with E-state index in [1.165, 1.54) is 0 Å². The SMILES string of the molecule is O=C(CCc1nc2ccccc2[nH]1)Nc1ccc(-c2ccccc2)cc1.